The molecule has 0 aliphatic heterocycles. The van der Waals surface area contributed by atoms with E-state index in [-0.39, 0.29) is 0 Å². The highest BCUT2D eigenvalue weighted by atomic mass is 32.2. The van der Waals surface area contributed by atoms with Gasteiger partial charge in [-0.05, 0) is 49.6 Å². The molecule has 0 spiro atoms. The Morgan fingerprint density at radius 3 is 3.00 bits per heavy atom. The Hall–Kier alpha value is -1.67. The smallest absolute Gasteiger partial charge is 0.191 e. The van der Waals surface area contributed by atoms with Gasteiger partial charge in [-0.15, -0.1) is 0 Å². The van der Waals surface area contributed by atoms with Crippen molar-refractivity contribution in [2.45, 2.75) is 50.9 Å². The molecule has 2 unspecified atom stereocenters. The van der Waals surface area contributed by atoms with Gasteiger partial charge in [-0.1, -0.05) is 19.1 Å². The molecule has 2 atom stereocenters. The van der Waals surface area contributed by atoms with E-state index in [0.717, 1.165) is 23.3 Å². The van der Waals surface area contributed by atoms with Crippen LogP contribution in [0.25, 0.3) is 0 Å². The van der Waals surface area contributed by atoms with Crippen LogP contribution in [0, 0.1) is 11.3 Å². The number of rotatable bonds is 6. The Morgan fingerprint density at radius 2 is 2.26 bits per heavy atom. The second kappa shape index (κ2) is 9.46. The van der Waals surface area contributed by atoms with Crippen molar-refractivity contribution in [1.29, 1.82) is 5.26 Å². The summed E-state index contributed by atoms with van der Waals surface area (Å²) in [5.41, 5.74) is 1.75. The molecule has 124 valence electrons. The molecule has 4 nitrogen and oxygen atoms in total. The SMILES string of the molecule is CCNC(=NCc1cccc(C#N)c1)NC1CCC(SCC)C1. The van der Waals surface area contributed by atoms with Gasteiger partial charge in [0.25, 0.3) is 0 Å². The Kier molecular flexibility index (Phi) is 7.28. The monoisotopic (exact) mass is 330 g/mol. The van der Waals surface area contributed by atoms with E-state index >= 15 is 0 Å². The Bertz CT molecular complexity index is 564. The van der Waals surface area contributed by atoms with Gasteiger partial charge in [0.1, 0.15) is 0 Å². The van der Waals surface area contributed by atoms with Crippen LogP contribution in [-0.4, -0.2) is 29.5 Å². The first-order valence-corrected chi connectivity index (χ1v) is 9.45. The van der Waals surface area contributed by atoms with Gasteiger partial charge in [0.05, 0.1) is 18.2 Å². The molecule has 0 bridgehead atoms. The van der Waals surface area contributed by atoms with Crippen molar-refractivity contribution in [3.05, 3.63) is 35.4 Å². The van der Waals surface area contributed by atoms with Gasteiger partial charge in [0.15, 0.2) is 5.96 Å². The predicted molar refractivity (Wildman–Crippen MR) is 98.7 cm³/mol. The fourth-order valence-electron chi connectivity index (χ4n) is 2.88. The molecule has 2 rings (SSSR count). The van der Waals surface area contributed by atoms with Crippen LogP contribution in [0.4, 0.5) is 0 Å². The van der Waals surface area contributed by atoms with E-state index in [1.54, 1.807) is 0 Å². The first kappa shape index (κ1) is 17.7. The van der Waals surface area contributed by atoms with Crippen molar-refractivity contribution >= 4 is 17.7 Å². The molecule has 1 aromatic rings. The van der Waals surface area contributed by atoms with E-state index in [1.807, 2.05) is 24.3 Å². The van der Waals surface area contributed by atoms with Crippen molar-refractivity contribution in [2.75, 3.05) is 12.3 Å². The average molecular weight is 331 g/mol. The van der Waals surface area contributed by atoms with E-state index in [4.69, 9.17) is 5.26 Å². The van der Waals surface area contributed by atoms with Crippen LogP contribution in [-0.2, 0) is 6.54 Å². The minimum Gasteiger partial charge on any atom is -0.357 e. The molecule has 0 amide bonds. The second-order valence-electron chi connectivity index (χ2n) is 5.74. The Balaban J connectivity index is 1.93. The second-order valence-corrected chi connectivity index (χ2v) is 7.32. The third kappa shape index (κ3) is 5.80. The molecular formula is C18H26N4S. The zero-order valence-corrected chi connectivity index (χ0v) is 14.8. The zero-order chi connectivity index (χ0) is 16.5. The Labute approximate surface area is 143 Å². The summed E-state index contributed by atoms with van der Waals surface area (Å²) in [5.74, 6) is 2.07. The van der Waals surface area contributed by atoms with Crippen LogP contribution in [0.1, 0.15) is 44.2 Å². The van der Waals surface area contributed by atoms with E-state index in [1.165, 1.54) is 25.0 Å². The third-order valence-electron chi connectivity index (χ3n) is 3.95. The van der Waals surface area contributed by atoms with Gasteiger partial charge >= 0.3 is 0 Å². The molecule has 5 heteroatoms. The maximum Gasteiger partial charge on any atom is 0.191 e. The van der Waals surface area contributed by atoms with E-state index in [0.29, 0.717) is 18.2 Å². The highest BCUT2D eigenvalue weighted by Crippen LogP contribution is 2.29. The van der Waals surface area contributed by atoms with Gasteiger partial charge in [0.2, 0.25) is 0 Å². The third-order valence-corrected chi connectivity index (χ3v) is 5.18. The van der Waals surface area contributed by atoms with Crippen molar-refractivity contribution in [3.63, 3.8) is 0 Å². The molecule has 1 aliphatic carbocycles. The first-order valence-electron chi connectivity index (χ1n) is 8.40. The minimum absolute atomic E-state index is 0.516. The minimum atomic E-state index is 0.516. The van der Waals surface area contributed by atoms with E-state index in [2.05, 4.69) is 47.3 Å². The van der Waals surface area contributed by atoms with Crippen LogP contribution in [0.15, 0.2) is 29.3 Å². The largest absolute Gasteiger partial charge is 0.357 e. The summed E-state index contributed by atoms with van der Waals surface area (Å²) < 4.78 is 0. The molecular weight excluding hydrogens is 304 g/mol. The lowest BCUT2D eigenvalue weighted by Crippen LogP contribution is -2.42. The summed E-state index contributed by atoms with van der Waals surface area (Å²) in [5, 5.41) is 16.6. The van der Waals surface area contributed by atoms with Crippen molar-refractivity contribution < 1.29 is 0 Å². The highest BCUT2D eigenvalue weighted by Gasteiger charge is 2.24. The zero-order valence-electron chi connectivity index (χ0n) is 14.0. The summed E-state index contributed by atoms with van der Waals surface area (Å²) in [4.78, 5) is 4.67. The number of nitrogens with zero attached hydrogens (tertiary/aromatic N) is 2. The van der Waals surface area contributed by atoms with E-state index in [9.17, 15) is 0 Å². The predicted octanol–water partition coefficient (Wildman–Crippen LogP) is 3.29. The molecule has 0 aromatic heterocycles. The van der Waals surface area contributed by atoms with Gasteiger partial charge in [-0.2, -0.15) is 17.0 Å². The molecule has 2 N–H and O–H groups in total. The van der Waals surface area contributed by atoms with Gasteiger partial charge < -0.3 is 10.6 Å². The summed E-state index contributed by atoms with van der Waals surface area (Å²) in [7, 11) is 0. The van der Waals surface area contributed by atoms with E-state index < -0.39 is 0 Å². The molecule has 1 aliphatic rings. The standard InChI is InChI=1S/C18H26N4S/c1-3-20-18(22-16-8-9-17(11-16)23-4-2)21-13-15-7-5-6-14(10-15)12-19/h5-7,10,16-17H,3-4,8-9,11,13H2,1-2H3,(H2,20,21,22). The summed E-state index contributed by atoms with van der Waals surface area (Å²) >= 11 is 2.07. The number of thioether (sulfide) groups is 1. The van der Waals surface area contributed by atoms with Crippen LogP contribution in [0.2, 0.25) is 0 Å². The number of nitrogens with one attached hydrogen (secondary N) is 2. The van der Waals surface area contributed by atoms with Crippen LogP contribution in [0.5, 0.6) is 0 Å². The maximum absolute atomic E-state index is 8.97. The average Bonchev–Trinajstić information content (AvgIpc) is 3.00. The van der Waals surface area contributed by atoms with Crippen LogP contribution < -0.4 is 10.6 Å². The number of hydrogen-bond donors (Lipinski definition) is 2. The maximum atomic E-state index is 8.97. The van der Waals surface area contributed by atoms with Crippen molar-refractivity contribution in [2.24, 2.45) is 4.99 Å². The summed E-state index contributed by atoms with van der Waals surface area (Å²) in [6.45, 7) is 5.75. The van der Waals surface area contributed by atoms with Gasteiger partial charge in [-0.25, -0.2) is 4.99 Å². The first-order chi connectivity index (χ1) is 11.2. The number of nitriles is 1. The number of hydrogen-bond acceptors (Lipinski definition) is 3. The fourth-order valence-corrected chi connectivity index (χ4v) is 4.02. The lowest BCUT2D eigenvalue weighted by Gasteiger charge is -2.17. The topological polar surface area (TPSA) is 60.2 Å². The normalized spacial score (nSPS) is 21.0. The quantitative estimate of drug-likeness (QED) is 0.621. The highest BCUT2D eigenvalue weighted by molar-refractivity contribution is 7.99. The summed E-state index contributed by atoms with van der Waals surface area (Å²) in [6.07, 6.45) is 3.72. The molecule has 0 radical (unpaired) electrons. The molecule has 23 heavy (non-hydrogen) atoms. The van der Waals surface area contributed by atoms with Crippen LogP contribution >= 0.6 is 11.8 Å². The lowest BCUT2D eigenvalue weighted by atomic mass is 10.1. The van der Waals surface area contributed by atoms with Gasteiger partial charge in [-0.3, -0.25) is 0 Å². The van der Waals surface area contributed by atoms with Crippen molar-refractivity contribution in [3.8, 4) is 6.07 Å². The summed E-state index contributed by atoms with van der Waals surface area (Å²) in [6, 6.07) is 10.3. The van der Waals surface area contributed by atoms with Gasteiger partial charge in [0, 0.05) is 17.8 Å². The van der Waals surface area contributed by atoms with Crippen molar-refractivity contribution in [1.82, 2.24) is 10.6 Å². The molecule has 1 aromatic carbocycles. The Morgan fingerprint density at radius 1 is 1.39 bits per heavy atom. The van der Waals surface area contributed by atoms with Crippen LogP contribution in [0.3, 0.4) is 0 Å². The molecule has 0 saturated heterocycles. The number of benzene rings is 1. The molecule has 1 fully saturated rings. The molecule has 1 saturated carbocycles. The molecule has 0 heterocycles. The lowest BCUT2D eigenvalue weighted by molar-refractivity contribution is 0.615. The number of aliphatic imine (C=N–C) groups is 1. The number of guanidine groups is 1. The fraction of sp³-hybridized carbons (Fsp3) is 0.556.